The van der Waals surface area contributed by atoms with Crippen LogP contribution in [0.25, 0.3) is 0 Å². The monoisotopic (exact) mass is 327 g/mol. The zero-order valence-electron chi connectivity index (χ0n) is 11.8. The van der Waals surface area contributed by atoms with Gasteiger partial charge in [-0.25, -0.2) is 0 Å². The van der Waals surface area contributed by atoms with Crippen molar-refractivity contribution in [1.29, 1.82) is 0 Å². The lowest BCUT2D eigenvalue weighted by atomic mass is 10.3. The van der Waals surface area contributed by atoms with Crippen LogP contribution in [0.2, 0.25) is 0 Å². The highest BCUT2D eigenvalue weighted by molar-refractivity contribution is 7.79. The van der Waals surface area contributed by atoms with Crippen molar-refractivity contribution in [2.24, 2.45) is 32.9 Å². The van der Waals surface area contributed by atoms with E-state index in [1.807, 2.05) is 0 Å². The fraction of sp³-hybridized carbons (Fsp3) is 0.778. The Balaban J connectivity index is 0. The molecule has 0 aliphatic carbocycles. The topological polar surface area (TPSA) is 215 Å². The highest BCUT2D eigenvalue weighted by Crippen LogP contribution is 1.87. The second-order valence-electron chi connectivity index (χ2n) is 3.87. The second-order valence-corrected chi connectivity index (χ2v) is 4.77. The van der Waals surface area contributed by atoms with Crippen LogP contribution < -0.4 is 28.3 Å². The Bertz CT molecular complexity index is 370. The second kappa shape index (κ2) is 13.4. The summed E-state index contributed by atoms with van der Waals surface area (Å²) in [5.74, 6) is 0.308. The van der Waals surface area contributed by atoms with E-state index in [-0.39, 0.29) is 11.9 Å². The van der Waals surface area contributed by atoms with Crippen molar-refractivity contribution in [3.05, 3.63) is 0 Å². The summed E-state index contributed by atoms with van der Waals surface area (Å²) in [6.07, 6.45) is 2.98. The molecule has 0 aromatic rings. The predicted molar refractivity (Wildman–Crippen MR) is 82.3 cm³/mol. The first-order chi connectivity index (χ1) is 9.63. The maximum Gasteiger partial charge on any atom is 0.394 e. The van der Waals surface area contributed by atoms with Crippen LogP contribution in [0.3, 0.4) is 0 Å². The standard InChI is InChI=1S/C9H23N7.H2O4S/c10-8(11)15-6-2-1-4-14-5-3-7-16-9(12)13;1-5(2,3)4/h14H,1-7H2,(H4,10,11,15)(H4,12,13,16);(H2,1,2,3,4). The average Bonchev–Trinajstić information content (AvgIpc) is 2.28. The molecule has 0 atom stereocenters. The molecule has 0 saturated carbocycles. The number of nitrogens with one attached hydrogen (secondary N) is 1. The molecule has 0 radical (unpaired) electrons. The van der Waals surface area contributed by atoms with E-state index >= 15 is 0 Å². The van der Waals surface area contributed by atoms with Crippen LogP contribution in [-0.4, -0.2) is 55.6 Å². The highest BCUT2D eigenvalue weighted by atomic mass is 32.3. The smallest absolute Gasteiger partial charge is 0.370 e. The third-order valence-corrected chi connectivity index (χ3v) is 1.86. The molecule has 11 N–H and O–H groups in total. The molecule has 0 rings (SSSR count). The minimum Gasteiger partial charge on any atom is -0.370 e. The third-order valence-electron chi connectivity index (χ3n) is 1.86. The van der Waals surface area contributed by atoms with Crippen molar-refractivity contribution >= 4 is 22.3 Å². The SMILES string of the molecule is NC(N)=NCCCCNCCCN=C(N)N.O=S(=O)(O)O. The van der Waals surface area contributed by atoms with Gasteiger partial charge in [-0.3, -0.25) is 19.1 Å². The number of hydrogen-bond donors (Lipinski definition) is 7. The molecule has 126 valence electrons. The van der Waals surface area contributed by atoms with Gasteiger partial charge in [0.1, 0.15) is 0 Å². The van der Waals surface area contributed by atoms with Gasteiger partial charge in [-0.05, 0) is 32.4 Å². The molecule has 0 aliphatic heterocycles. The Hall–Kier alpha value is -1.63. The van der Waals surface area contributed by atoms with Crippen molar-refractivity contribution in [2.45, 2.75) is 19.3 Å². The van der Waals surface area contributed by atoms with E-state index < -0.39 is 10.4 Å². The maximum atomic E-state index is 8.74. The van der Waals surface area contributed by atoms with Gasteiger partial charge >= 0.3 is 10.4 Å². The Morgan fingerprint density at radius 1 is 0.857 bits per heavy atom. The highest BCUT2D eigenvalue weighted by Gasteiger charge is 1.89. The van der Waals surface area contributed by atoms with E-state index in [4.69, 9.17) is 40.5 Å². The number of guanidine groups is 2. The van der Waals surface area contributed by atoms with Gasteiger partial charge in [0.05, 0.1) is 0 Å². The van der Waals surface area contributed by atoms with Crippen molar-refractivity contribution < 1.29 is 17.5 Å². The third kappa shape index (κ3) is 38.1. The van der Waals surface area contributed by atoms with Crippen LogP contribution in [0.5, 0.6) is 0 Å². The molecule has 0 heterocycles. The lowest BCUT2D eigenvalue weighted by Crippen LogP contribution is -2.24. The number of hydrogen-bond acceptors (Lipinski definition) is 5. The van der Waals surface area contributed by atoms with Gasteiger partial charge in [-0.2, -0.15) is 8.42 Å². The van der Waals surface area contributed by atoms with E-state index in [9.17, 15) is 0 Å². The summed E-state index contributed by atoms with van der Waals surface area (Å²) in [6.45, 7) is 3.24. The Labute approximate surface area is 124 Å². The summed E-state index contributed by atoms with van der Waals surface area (Å²) < 4.78 is 31.6. The van der Waals surface area contributed by atoms with E-state index in [0.29, 0.717) is 13.1 Å². The number of unbranched alkanes of at least 4 members (excludes halogenated alkanes) is 1. The van der Waals surface area contributed by atoms with E-state index in [0.717, 1.165) is 32.4 Å². The number of nitrogens with zero attached hydrogens (tertiary/aromatic N) is 2. The molecule has 12 heteroatoms. The van der Waals surface area contributed by atoms with Gasteiger partial charge in [0.2, 0.25) is 0 Å². The van der Waals surface area contributed by atoms with Gasteiger partial charge in [0.25, 0.3) is 0 Å². The molecule has 0 fully saturated rings. The van der Waals surface area contributed by atoms with Crippen LogP contribution >= 0.6 is 0 Å². The van der Waals surface area contributed by atoms with Crippen LogP contribution in [0.15, 0.2) is 9.98 Å². The number of aliphatic imine (C=N–C) groups is 2. The van der Waals surface area contributed by atoms with Gasteiger partial charge < -0.3 is 28.3 Å². The number of nitrogens with two attached hydrogens (primary N) is 4. The fourth-order valence-electron chi connectivity index (χ4n) is 1.11. The van der Waals surface area contributed by atoms with Crippen molar-refractivity contribution in [3.8, 4) is 0 Å². The van der Waals surface area contributed by atoms with Gasteiger partial charge in [-0.15, -0.1) is 0 Å². The van der Waals surface area contributed by atoms with Crippen LogP contribution in [-0.2, 0) is 10.4 Å². The largest absolute Gasteiger partial charge is 0.394 e. The molecular weight excluding hydrogens is 302 g/mol. The molecule has 0 unspecified atom stereocenters. The quantitative estimate of drug-likeness (QED) is 0.104. The predicted octanol–water partition coefficient (Wildman–Crippen LogP) is -2.36. The van der Waals surface area contributed by atoms with Crippen molar-refractivity contribution in [3.63, 3.8) is 0 Å². The first-order valence-electron chi connectivity index (χ1n) is 6.14. The molecule has 0 aromatic carbocycles. The minimum absolute atomic E-state index is 0.150. The normalized spacial score (nSPS) is 10.2. The molecule has 0 aromatic heterocycles. The molecule has 0 aliphatic rings. The van der Waals surface area contributed by atoms with Gasteiger partial charge in [-0.1, -0.05) is 0 Å². The zero-order chi connectivity index (χ0) is 16.7. The molecule has 0 saturated heterocycles. The zero-order valence-corrected chi connectivity index (χ0v) is 12.6. The lowest BCUT2D eigenvalue weighted by Gasteiger charge is -2.02. The maximum absolute atomic E-state index is 8.74. The van der Waals surface area contributed by atoms with Crippen LogP contribution in [0, 0.1) is 0 Å². The Morgan fingerprint density at radius 2 is 1.24 bits per heavy atom. The fourth-order valence-corrected chi connectivity index (χ4v) is 1.11. The Kier molecular flexibility index (Phi) is 13.8. The first-order valence-corrected chi connectivity index (χ1v) is 7.54. The van der Waals surface area contributed by atoms with Crippen LogP contribution in [0.1, 0.15) is 19.3 Å². The lowest BCUT2D eigenvalue weighted by molar-refractivity contribution is 0.381. The summed E-state index contributed by atoms with van der Waals surface area (Å²) in [6, 6.07) is 0. The van der Waals surface area contributed by atoms with E-state index in [1.54, 1.807) is 0 Å². The minimum atomic E-state index is -4.67. The molecule has 0 amide bonds. The van der Waals surface area contributed by atoms with E-state index in [1.165, 1.54) is 0 Å². The number of rotatable bonds is 9. The van der Waals surface area contributed by atoms with Crippen molar-refractivity contribution in [1.82, 2.24) is 5.32 Å². The van der Waals surface area contributed by atoms with Crippen LogP contribution in [0.4, 0.5) is 0 Å². The molecule has 11 nitrogen and oxygen atoms in total. The summed E-state index contributed by atoms with van der Waals surface area (Å²) in [7, 11) is -4.67. The Morgan fingerprint density at radius 3 is 1.67 bits per heavy atom. The average molecular weight is 327 g/mol. The van der Waals surface area contributed by atoms with Gasteiger partial charge in [0.15, 0.2) is 11.9 Å². The molecular formula is C9H25N7O4S. The molecule has 0 bridgehead atoms. The summed E-state index contributed by atoms with van der Waals surface area (Å²) >= 11 is 0. The van der Waals surface area contributed by atoms with Crippen molar-refractivity contribution in [2.75, 3.05) is 26.2 Å². The van der Waals surface area contributed by atoms with Gasteiger partial charge in [0, 0.05) is 13.1 Å². The molecule has 0 spiro atoms. The first kappa shape index (κ1) is 21.7. The summed E-state index contributed by atoms with van der Waals surface area (Å²) in [4.78, 5) is 7.77. The summed E-state index contributed by atoms with van der Waals surface area (Å²) in [5.41, 5.74) is 20.8. The van der Waals surface area contributed by atoms with E-state index in [2.05, 4.69) is 15.3 Å². The molecule has 21 heavy (non-hydrogen) atoms. The summed E-state index contributed by atoms with van der Waals surface area (Å²) in [5, 5.41) is 3.29.